The monoisotopic (exact) mass is 456 g/mol. The van der Waals surface area contributed by atoms with Gasteiger partial charge in [0.25, 0.3) is 11.5 Å². The smallest absolute Gasteiger partial charge is 0.266 e. The normalized spacial score (nSPS) is 10.9. The van der Waals surface area contributed by atoms with Gasteiger partial charge in [0, 0.05) is 23.2 Å². The van der Waals surface area contributed by atoms with Gasteiger partial charge >= 0.3 is 0 Å². The Labute approximate surface area is 185 Å². The van der Waals surface area contributed by atoms with Gasteiger partial charge in [-0.1, -0.05) is 23.7 Å². The highest BCUT2D eigenvalue weighted by atomic mass is 35.5. The minimum Gasteiger partial charge on any atom is -0.350 e. The Bertz CT molecular complexity index is 1250. The largest absolute Gasteiger partial charge is 0.350 e. The average molecular weight is 457 g/mol. The molecule has 0 aliphatic carbocycles. The number of thiazole rings is 1. The van der Waals surface area contributed by atoms with Crippen LogP contribution in [0.25, 0.3) is 20.5 Å². The molecule has 0 saturated carbocycles. The van der Waals surface area contributed by atoms with E-state index in [0.29, 0.717) is 16.3 Å². The molecule has 3 aromatic heterocycles. The lowest BCUT2D eigenvalue weighted by atomic mass is 10.2. The second-order valence-electron chi connectivity index (χ2n) is 6.46. The lowest BCUT2D eigenvalue weighted by Gasteiger charge is -2.08. The van der Waals surface area contributed by atoms with Crippen molar-refractivity contribution in [1.82, 2.24) is 20.1 Å². The van der Waals surface area contributed by atoms with Crippen LogP contribution in [0, 0.1) is 6.92 Å². The summed E-state index contributed by atoms with van der Waals surface area (Å²) in [5.74, 6) is -0.249. The van der Waals surface area contributed by atoms with E-state index < -0.39 is 0 Å². The van der Waals surface area contributed by atoms with Crippen molar-refractivity contribution in [2.75, 3.05) is 6.54 Å². The molecule has 4 rings (SSSR count). The fourth-order valence-corrected chi connectivity index (χ4v) is 4.90. The molecule has 0 radical (unpaired) electrons. The Hall–Kier alpha value is -2.81. The number of nitrogens with zero attached hydrogens (tertiary/aromatic N) is 3. The van der Waals surface area contributed by atoms with Crippen LogP contribution < -0.4 is 10.9 Å². The molecule has 9 heteroatoms. The molecule has 1 N–H and O–H groups in total. The zero-order chi connectivity index (χ0) is 21.1. The molecule has 0 atom stereocenters. The van der Waals surface area contributed by atoms with Crippen LogP contribution >= 0.6 is 34.3 Å². The first-order valence-corrected chi connectivity index (χ1v) is 11.2. The van der Waals surface area contributed by atoms with Crippen molar-refractivity contribution in [1.29, 1.82) is 0 Å². The van der Waals surface area contributed by atoms with Crippen LogP contribution in [0.4, 0.5) is 0 Å². The first kappa shape index (κ1) is 20.5. The van der Waals surface area contributed by atoms with Gasteiger partial charge in [0.05, 0.1) is 22.0 Å². The molecule has 0 unspecified atom stereocenters. The molecule has 0 aliphatic rings. The minimum atomic E-state index is -0.249. The maximum absolute atomic E-state index is 12.2. The van der Waals surface area contributed by atoms with E-state index in [1.807, 2.05) is 24.4 Å². The number of aromatic nitrogens is 3. The number of halogens is 1. The highest BCUT2D eigenvalue weighted by Gasteiger charge is 2.14. The van der Waals surface area contributed by atoms with Crippen molar-refractivity contribution in [2.45, 2.75) is 13.5 Å². The van der Waals surface area contributed by atoms with Crippen LogP contribution in [0.2, 0.25) is 5.02 Å². The number of benzene rings is 1. The van der Waals surface area contributed by atoms with E-state index >= 15 is 0 Å². The standard InChI is InChI=1S/C21H17ClN4O2S2/c1-13-19(30-21(24-13)17-6-3-11-29-17)16-7-8-18(27)26(25-16)10-9-23-20(28)14-4-2-5-15(22)12-14/h2-8,11-12H,9-10H2,1H3,(H,23,28). The van der Waals surface area contributed by atoms with E-state index in [0.717, 1.165) is 20.5 Å². The molecule has 1 aromatic carbocycles. The number of amides is 1. The van der Waals surface area contributed by atoms with Crippen LogP contribution in [0.5, 0.6) is 0 Å². The third-order valence-corrected chi connectivity index (χ3v) is 6.78. The molecular formula is C21H17ClN4O2S2. The second kappa shape index (κ2) is 8.91. The summed E-state index contributed by atoms with van der Waals surface area (Å²) < 4.78 is 1.36. The Kier molecular flexibility index (Phi) is 6.08. The molecule has 152 valence electrons. The lowest BCUT2D eigenvalue weighted by molar-refractivity contribution is 0.0951. The number of nitrogens with one attached hydrogen (secondary N) is 1. The van der Waals surface area contributed by atoms with Gasteiger partial charge in [0.15, 0.2) is 0 Å². The Morgan fingerprint density at radius 1 is 1.20 bits per heavy atom. The van der Waals surface area contributed by atoms with Crippen LogP contribution in [-0.4, -0.2) is 27.2 Å². The summed E-state index contributed by atoms with van der Waals surface area (Å²) >= 11 is 9.11. The van der Waals surface area contributed by atoms with Gasteiger partial charge in [0.2, 0.25) is 0 Å². The minimum absolute atomic E-state index is 0.226. The fraction of sp³-hybridized carbons (Fsp3) is 0.143. The molecule has 0 bridgehead atoms. The molecular weight excluding hydrogens is 440 g/mol. The van der Waals surface area contributed by atoms with Crippen LogP contribution in [0.15, 0.2) is 58.7 Å². The van der Waals surface area contributed by atoms with E-state index in [4.69, 9.17) is 11.6 Å². The molecule has 0 saturated heterocycles. The van der Waals surface area contributed by atoms with Crippen LogP contribution in [0.3, 0.4) is 0 Å². The number of hydrogen-bond donors (Lipinski definition) is 1. The second-order valence-corrected chi connectivity index (χ2v) is 8.84. The summed E-state index contributed by atoms with van der Waals surface area (Å²) in [6, 6.07) is 13.9. The predicted molar refractivity (Wildman–Crippen MR) is 121 cm³/mol. The number of aryl methyl sites for hydroxylation is 1. The quantitative estimate of drug-likeness (QED) is 0.463. The summed E-state index contributed by atoms with van der Waals surface area (Å²) in [6.45, 7) is 2.46. The number of rotatable bonds is 6. The molecule has 0 fully saturated rings. The van der Waals surface area contributed by atoms with Crippen molar-refractivity contribution in [3.8, 4) is 20.5 Å². The fourth-order valence-electron chi connectivity index (χ4n) is 2.88. The molecule has 4 aromatic rings. The van der Waals surface area contributed by atoms with Gasteiger partial charge < -0.3 is 5.32 Å². The van der Waals surface area contributed by atoms with Gasteiger partial charge in [-0.3, -0.25) is 9.59 Å². The molecule has 1 amide bonds. The van der Waals surface area contributed by atoms with Crippen molar-refractivity contribution in [2.24, 2.45) is 0 Å². The third-order valence-electron chi connectivity index (χ3n) is 4.32. The maximum atomic E-state index is 12.2. The Balaban J connectivity index is 1.49. The zero-order valence-electron chi connectivity index (χ0n) is 16.0. The van der Waals surface area contributed by atoms with E-state index in [1.54, 1.807) is 53.0 Å². The van der Waals surface area contributed by atoms with Crippen molar-refractivity contribution >= 4 is 40.2 Å². The number of hydrogen-bond acceptors (Lipinski definition) is 6. The Morgan fingerprint density at radius 2 is 2.07 bits per heavy atom. The van der Waals surface area contributed by atoms with Gasteiger partial charge in [-0.05, 0) is 42.6 Å². The van der Waals surface area contributed by atoms with E-state index in [-0.39, 0.29) is 24.6 Å². The van der Waals surface area contributed by atoms with Crippen molar-refractivity contribution in [3.63, 3.8) is 0 Å². The number of carbonyl (C=O) groups is 1. The maximum Gasteiger partial charge on any atom is 0.266 e. The zero-order valence-corrected chi connectivity index (χ0v) is 18.4. The highest BCUT2D eigenvalue weighted by molar-refractivity contribution is 7.23. The van der Waals surface area contributed by atoms with Gasteiger partial charge in [-0.2, -0.15) is 5.10 Å². The average Bonchev–Trinajstić information content (AvgIpc) is 3.39. The lowest BCUT2D eigenvalue weighted by Crippen LogP contribution is -2.31. The molecule has 0 spiro atoms. The number of thiophene rings is 1. The van der Waals surface area contributed by atoms with Crippen LogP contribution in [0.1, 0.15) is 16.1 Å². The highest BCUT2D eigenvalue weighted by Crippen LogP contribution is 2.35. The van der Waals surface area contributed by atoms with Crippen LogP contribution in [-0.2, 0) is 6.54 Å². The van der Waals surface area contributed by atoms with Gasteiger partial charge in [-0.25, -0.2) is 9.67 Å². The SMILES string of the molecule is Cc1nc(-c2cccs2)sc1-c1ccc(=O)n(CCNC(=O)c2cccc(Cl)c2)n1. The van der Waals surface area contributed by atoms with Gasteiger partial charge in [-0.15, -0.1) is 22.7 Å². The predicted octanol–water partition coefficient (Wildman–Crippen LogP) is 4.49. The summed E-state index contributed by atoms with van der Waals surface area (Å²) in [7, 11) is 0. The first-order valence-electron chi connectivity index (χ1n) is 9.15. The van der Waals surface area contributed by atoms with Crippen molar-refractivity contribution in [3.05, 3.63) is 80.5 Å². The number of carbonyl (C=O) groups excluding carboxylic acids is 1. The molecule has 6 nitrogen and oxygen atoms in total. The molecule has 0 aliphatic heterocycles. The first-order chi connectivity index (χ1) is 14.5. The van der Waals surface area contributed by atoms with E-state index in [2.05, 4.69) is 15.4 Å². The summed E-state index contributed by atoms with van der Waals surface area (Å²) in [5, 5.41) is 10.7. The van der Waals surface area contributed by atoms with Gasteiger partial charge in [0.1, 0.15) is 10.7 Å². The van der Waals surface area contributed by atoms with Crippen molar-refractivity contribution < 1.29 is 4.79 Å². The van der Waals surface area contributed by atoms with E-state index in [9.17, 15) is 9.59 Å². The summed E-state index contributed by atoms with van der Waals surface area (Å²) in [5.41, 5.74) is 1.80. The molecule has 3 heterocycles. The molecule has 30 heavy (non-hydrogen) atoms. The third kappa shape index (κ3) is 4.51. The summed E-state index contributed by atoms with van der Waals surface area (Å²) in [6.07, 6.45) is 0. The van der Waals surface area contributed by atoms with E-state index in [1.165, 1.54) is 10.7 Å². The summed E-state index contributed by atoms with van der Waals surface area (Å²) in [4.78, 5) is 31.1. The Morgan fingerprint density at radius 3 is 2.83 bits per heavy atom. The topological polar surface area (TPSA) is 76.9 Å².